The summed E-state index contributed by atoms with van der Waals surface area (Å²) in [4.78, 5) is 9.86. The summed E-state index contributed by atoms with van der Waals surface area (Å²) in [6, 6.07) is 8.09. The zero-order valence-corrected chi connectivity index (χ0v) is 12.6. The number of nitro groups is 1. The molecule has 0 aliphatic heterocycles. The van der Waals surface area contributed by atoms with Crippen molar-refractivity contribution in [3.05, 3.63) is 52.0 Å². The minimum Gasteiger partial charge on any atom is -0.494 e. The van der Waals surface area contributed by atoms with Crippen LogP contribution in [0.25, 0.3) is 0 Å². The number of unbranched alkanes of at least 4 members (excludes halogenated alkanes) is 1. The number of rotatable bonds is 10. The third-order valence-electron chi connectivity index (χ3n) is 2.97. The lowest BCUT2D eigenvalue weighted by Crippen LogP contribution is -2.25. The van der Waals surface area contributed by atoms with Crippen molar-refractivity contribution < 1.29 is 9.66 Å². The fourth-order valence-corrected chi connectivity index (χ4v) is 1.80. The summed E-state index contributed by atoms with van der Waals surface area (Å²) in [5.74, 6) is 1.31. The van der Waals surface area contributed by atoms with Crippen LogP contribution in [0.2, 0.25) is 0 Å². The van der Waals surface area contributed by atoms with Crippen LogP contribution in [0.15, 0.2) is 36.3 Å². The number of aryl methyl sites for hydroxylation is 1. The van der Waals surface area contributed by atoms with Crippen molar-refractivity contribution in [3.8, 4) is 5.75 Å². The molecule has 0 fully saturated rings. The number of hydrogen-bond acceptors (Lipinski definition) is 5. The van der Waals surface area contributed by atoms with Gasteiger partial charge in [0.05, 0.1) is 11.5 Å². The summed E-state index contributed by atoms with van der Waals surface area (Å²) in [5, 5.41) is 16.1. The van der Waals surface area contributed by atoms with Gasteiger partial charge in [0.1, 0.15) is 5.75 Å². The van der Waals surface area contributed by atoms with E-state index in [1.807, 2.05) is 12.1 Å². The molecule has 0 amide bonds. The van der Waals surface area contributed by atoms with E-state index in [4.69, 9.17) is 4.74 Å². The Kier molecular flexibility index (Phi) is 7.71. The van der Waals surface area contributed by atoms with Gasteiger partial charge in [0.15, 0.2) is 5.82 Å². The molecule has 6 heteroatoms. The average Bonchev–Trinajstić information content (AvgIpc) is 2.49. The third-order valence-corrected chi connectivity index (χ3v) is 2.97. The molecule has 21 heavy (non-hydrogen) atoms. The summed E-state index contributed by atoms with van der Waals surface area (Å²) >= 11 is 0. The predicted molar refractivity (Wildman–Crippen MR) is 82.7 cm³/mol. The van der Waals surface area contributed by atoms with Gasteiger partial charge in [0, 0.05) is 13.6 Å². The maximum absolute atomic E-state index is 10.3. The second kappa shape index (κ2) is 9.63. The molecule has 0 radical (unpaired) electrons. The lowest BCUT2D eigenvalue weighted by molar-refractivity contribution is -0.404. The second-order valence-corrected chi connectivity index (χ2v) is 4.56. The van der Waals surface area contributed by atoms with Crippen LogP contribution in [0.3, 0.4) is 0 Å². The van der Waals surface area contributed by atoms with Crippen LogP contribution in [0, 0.1) is 10.1 Å². The highest BCUT2D eigenvalue weighted by molar-refractivity contribution is 5.28. The van der Waals surface area contributed by atoms with Crippen LogP contribution < -0.4 is 15.4 Å². The molecule has 0 heterocycles. The zero-order valence-electron chi connectivity index (χ0n) is 12.6. The smallest absolute Gasteiger partial charge is 0.274 e. The molecule has 116 valence electrons. The van der Waals surface area contributed by atoms with E-state index in [0.29, 0.717) is 19.0 Å². The number of ether oxygens (including phenoxy) is 1. The topological polar surface area (TPSA) is 76.4 Å². The van der Waals surface area contributed by atoms with Gasteiger partial charge in [-0.15, -0.1) is 0 Å². The molecule has 0 aliphatic rings. The van der Waals surface area contributed by atoms with Crippen molar-refractivity contribution in [1.29, 1.82) is 0 Å². The van der Waals surface area contributed by atoms with Gasteiger partial charge < -0.3 is 15.4 Å². The van der Waals surface area contributed by atoms with Crippen molar-refractivity contribution in [2.75, 3.05) is 20.2 Å². The van der Waals surface area contributed by atoms with E-state index in [2.05, 4.69) is 29.7 Å². The minimum atomic E-state index is -0.483. The van der Waals surface area contributed by atoms with E-state index >= 15 is 0 Å². The molecule has 2 N–H and O–H groups in total. The molecule has 0 aliphatic carbocycles. The summed E-state index contributed by atoms with van der Waals surface area (Å²) in [7, 11) is 1.65. The molecular formula is C15H23N3O3. The maximum Gasteiger partial charge on any atom is 0.274 e. The van der Waals surface area contributed by atoms with E-state index in [-0.39, 0.29) is 0 Å². The quantitative estimate of drug-likeness (QED) is 0.393. The van der Waals surface area contributed by atoms with Gasteiger partial charge in [0.2, 0.25) is 0 Å². The Bertz CT molecular complexity index is 475. The molecule has 1 aromatic rings. The first-order valence-electron chi connectivity index (χ1n) is 7.14. The largest absolute Gasteiger partial charge is 0.494 e. The summed E-state index contributed by atoms with van der Waals surface area (Å²) < 4.78 is 5.68. The lowest BCUT2D eigenvalue weighted by Gasteiger charge is -2.09. The fourth-order valence-electron chi connectivity index (χ4n) is 1.80. The van der Waals surface area contributed by atoms with E-state index < -0.39 is 4.92 Å². The standard InChI is InChI=1S/C15H23N3O3/c1-3-13-7-6-8-14(11-13)21-10-5-4-9-17-15(16-2)12-18(19)20/h6-8,11-12,16-17H,3-5,9-10H2,1-2H3. The summed E-state index contributed by atoms with van der Waals surface area (Å²) in [6.45, 7) is 3.42. The van der Waals surface area contributed by atoms with Crippen molar-refractivity contribution in [3.63, 3.8) is 0 Å². The van der Waals surface area contributed by atoms with Crippen molar-refractivity contribution in [1.82, 2.24) is 10.6 Å². The highest BCUT2D eigenvalue weighted by atomic mass is 16.6. The van der Waals surface area contributed by atoms with E-state index in [0.717, 1.165) is 31.2 Å². The van der Waals surface area contributed by atoms with Gasteiger partial charge in [-0.1, -0.05) is 19.1 Å². The van der Waals surface area contributed by atoms with Crippen LogP contribution >= 0.6 is 0 Å². The van der Waals surface area contributed by atoms with Crippen LogP contribution in [-0.4, -0.2) is 25.1 Å². The van der Waals surface area contributed by atoms with E-state index in [1.165, 1.54) is 5.56 Å². The predicted octanol–water partition coefficient (Wildman–Crippen LogP) is 2.29. The number of nitrogens with one attached hydrogen (secondary N) is 2. The highest BCUT2D eigenvalue weighted by Crippen LogP contribution is 2.13. The number of benzene rings is 1. The van der Waals surface area contributed by atoms with Crippen molar-refractivity contribution in [2.24, 2.45) is 0 Å². The second-order valence-electron chi connectivity index (χ2n) is 4.56. The Morgan fingerprint density at radius 1 is 1.43 bits per heavy atom. The first-order chi connectivity index (χ1) is 10.2. The van der Waals surface area contributed by atoms with Gasteiger partial charge in [-0.3, -0.25) is 10.1 Å². The molecule has 0 unspecified atom stereocenters. The normalized spacial score (nSPS) is 11.0. The molecule has 0 saturated carbocycles. The van der Waals surface area contributed by atoms with Gasteiger partial charge >= 0.3 is 0 Å². The monoisotopic (exact) mass is 293 g/mol. The molecule has 1 aromatic carbocycles. The molecule has 1 rings (SSSR count). The Morgan fingerprint density at radius 2 is 2.24 bits per heavy atom. The average molecular weight is 293 g/mol. The van der Waals surface area contributed by atoms with E-state index in [9.17, 15) is 10.1 Å². The Labute approximate surface area is 125 Å². The Hall–Kier alpha value is -2.24. The number of nitrogens with zero attached hydrogens (tertiary/aromatic N) is 1. The molecular weight excluding hydrogens is 270 g/mol. The van der Waals surface area contributed by atoms with Crippen molar-refractivity contribution >= 4 is 0 Å². The molecule has 0 bridgehead atoms. The Balaban J connectivity index is 2.18. The van der Waals surface area contributed by atoms with Gasteiger partial charge in [-0.25, -0.2) is 0 Å². The summed E-state index contributed by atoms with van der Waals surface area (Å²) in [5.41, 5.74) is 1.26. The first-order valence-corrected chi connectivity index (χ1v) is 7.14. The van der Waals surface area contributed by atoms with E-state index in [1.54, 1.807) is 7.05 Å². The van der Waals surface area contributed by atoms with Crippen LogP contribution in [0.5, 0.6) is 5.75 Å². The lowest BCUT2D eigenvalue weighted by atomic mass is 10.2. The van der Waals surface area contributed by atoms with Gasteiger partial charge in [-0.2, -0.15) is 0 Å². The van der Waals surface area contributed by atoms with Crippen LogP contribution in [0.1, 0.15) is 25.3 Å². The minimum absolute atomic E-state index is 0.413. The molecule has 0 aromatic heterocycles. The van der Waals surface area contributed by atoms with Gasteiger partial charge in [0.25, 0.3) is 6.20 Å². The molecule has 6 nitrogen and oxygen atoms in total. The van der Waals surface area contributed by atoms with Gasteiger partial charge in [-0.05, 0) is 37.0 Å². The SMILES string of the molecule is CCc1cccc(OCCCCNC(=C[N+](=O)[O-])NC)c1. The summed E-state index contributed by atoms with van der Waals surface area (Å²) in [6.07, 6.45) is 3.69. The fraction of sp³-hybridized carbons (Fsp3) is 0.467. The maximum atomic E-state index is 10.3. The van der Waals surface area contributed by atoms with Crippen LogP contribution in [0.4, 0.5) is 0 Å². The molecule has 0 spiro atoms. The highest BCUT2D eigenvalue weighted by Gasteiger charge is 1.99. The first kappa shape index (κ1) is 16.8. The Morgan fingerprint density at radius 3 is 2.90 bits per heavy atom. The third kappa shape index (κ3) is 7.20. The molecule has 0 atom stereocenters. The van der Waals surface area contributed by atoms with Crippen molar-refractivity contribution in [2.45, 2.75) is 26.2 Å². The van der Waals surface area contributed by atoms with Crippen LogP contribution in [-0.2, 0) is 6.42 Å². The number of hydrogen-bond donors (Lipinski definition) is 2. The zero-order chi connectivity index (χ0) is 15.5. The molecule has 0 saturated heterocycles.